The van der Waals surface area contributed by atoms with Crippen molar-refractivity contribution in [2.45, 2.75) is 37.6 Å². The summed E-state index contributed by atoms with van der Waals surface area (Å²) < 4.78 is 40.4. The van der Waals surface area contributed by atoms with Crippen LogP contribution < -0.4 is 10.1 Å². The summed E-state index contributed by atoms with van der Waals surface area (Å²) in [6.45, 7) is 0.0208. The van der Waals surface area contributed by atoms with Gasteiger partial charge in [-0.3, -0.25) is 4.79 Å². The Bertz CT molecular complexity index is 1910. The van der Waals surface area contributed by atoms with Gasteiger partial charge in [0.1, 0.15) is 17.4 Å². The van der Waals surface area contributed by atoms with Gasteiger partial charge in [-0.1, -0.05) is 64.8 Å². The third kappa shape index (κ3) is 7.54. The Kier molecular flexibility index (Phi) is 10.8. The zero-order valence-electron chi connectivity index (χ0n) is 25.5. The van der Waals surface area contributed by atoms with E-state index in [1.807, 2.05) is 0 Å². The Morgan fingerprint density at radius 3 is 2.46 bits per heavy atom. The number of aliphatic hydroxyl groups is 1. The number of carbonyl (C=O) groups is 1. The first kappa shape index (κ1) is 33.4. The number of nitrogens with one attached hydrogen (secondary N) is 1. The van der Waals surface area contributed by atoms with E-state index in [9.17, 15) is 19.1 Å². The van der Waals surface area contributed by atoms with E-state index in [-0.39, 0.29) is 43.3 Å². The second-order valence-electron chi connectivity index (χ2n) is 10.8. The van der Waals surface area contributed by atoms with Gasteiger partial charge in [0.2, 0.25) is 5.90 Å². The summed E-state index contributed by atoms with van der Waals surface area (Å²) in [4.78, 5) is 25.3. The van der Waals surface area contributed by atoms with Crippen LogP contribution in [0.5, 0.6) is 5.75 Å². The first-order valence-electron chi connectivity index (χ1n) is 14.9. The highest BCUT2D eigenvalue weighted by molar-refractivity contribution is 6.01. The van der Waals surface area contributed by atoms with Crippen molar-refractivity contribution in [3.8, 4) is 5.75 Å². The molecule has 244 valence electrons. The van der Waals surface area contributed by atoms with E-state index < -0.39 is 29.2 Å². The fourth-order valence-electron chi connectivity index (χ4n) is 5.38. The first-order valence-corrected chi connectivity index (χ1v) is 14.9. The molecule has 0 bridgehead atoms. The van der Waals surface area contributed by atoms with E-state index in [0.29, 0.717) is 41.0 Å². The van der Waals surface area contributed by atoms with E-state index in [4.69, 9.17) is 25.1 Å². The second-order valence-corrected chi connectivity index (χ2v) is 10.8. The van der Waals surface area contributed by atoms with Crippen LogP contribution in [-0.4, -0.2) is 35.7 Å². The lowest BCUT2D eigenvalue weighted by Gasteiger charge is -2.32. The van der Waals surface area contributed by atoms with Crippen LogP contribution in [0, 0.1) is 11.6 Å². The predicted molar refractivity (Wildman–Crippen MR) is 173 cm³/mol. The van der Waals surface area contributed by atoms with Crippen molar-refractivity contribution in [1.82, 2.24) is 5.32 Å². The minimum atomic E-state index is -1.77. The van der Waals surface area contributed by atoms with Crippen LogP contribution in [0.4, 0.5) is 14.5 Å². The maximum atomic E-state index is 14.6. The SMILES string of the molecule is [N-]=[N+]=NCc1ccccc1C[C@@]1(C(=O)NCc2ccc(F)cc2F)N=C(c2ccc(OCCCO)cc2)O[C@@H]1c1ccccc1N=[N+]=[N-]. The van der Waals surface area contributed by atoms with Crippen LogP contribution in [0.3, 0.4) is 0 Å². The number of hydrogen-bond acceptors (Lipinski definition) is 7. The number of azide groups is 2. The predicted octanol–water partition coefficient (Wildman–Crippen LogP) is 7.29. The number of hydrogen-bond donors (Lipinski definition) is 2. The zero-order chi connectivity index (χ0) is 33.9. The molecule has 2 N–H and O–H groups in total. The lowest BCUT2D eigenvalue weighted by atomic mass is 9.80. The van der Waals surface area contributed by atoms with E-state index in [2.05, 4.69) is 25.4 Å². The molecule has 0 radical (unpaired) electrons. The van der Waals surface area contributed by atoms with Gasteiger partial charge in [0.15, 0.2) is 11.6 Å². The molecule has 1 amide bonds. The highest BCUT2D eigenvalue weighted by Crippen LogP contribution is 2.45. The number of carbonyl (C=O) groups excluding carboxylic acids is 1. The van der Waals surface area contributed by atoms with Crippen molar-refractivity contribution in [2.75, 3.05) is 13.2 Å². The molecule has 4 aromatic rings. The fourth-order valence-corrected chi connectivity index (χ4v) is 5.38. The summed E-state index contributed by atoms with van der Waals surface area (Å²) in [5.41, 5.74) is 19.0. The topological polar surface area (TPSA) is 178 Å². The summed E-state index contributed by atoms with van der Waals surface area (Å²) in [7, 11) is 0. The maximum Gasteiger partial charge on any atom is 0.252 e. The van der Waals surface area contributed by atoms with Crippen molar-refractivity contribution in [1.29, 1.82) is 0 Å². The van der Waals surface area contributed by atoms with Crippen LogP contribution in [0.1, 0.15) is 40.3 Å². The maximum absolute atomic E-state index is 14.6. The van der Waals surface area contributed by atoms with Gasteiger partial charge in [0, 0.05) is 64.3 Å². The van der Waals surface area contributed by atoms with Crippen molar-refractivity contribution in [2.24, 2.45) is 15.2 Å². The summed E-state index contributed by atoms with van der Waals surface area (Å²) in [6.07, 6.45) is -0.756. The number of aliphatic hydroxyl groups excluding tert-OH is 1. The molecule has 48 heavy (non-hydrogen) atoms. The molecule has 5 rings (SSSR count). The van der Waals surface area contributed by atoms with Crippen LogP contribution in [0.25, 0.3) is 20.9 Å². The molecule has 12 nitrogen and oxygen atoms in total. The molecular formula is C34H30F2N8O4. The zero-order valence-corrected chi connectivity index (χ0v) is 25.5. The lowest BCUT2D eigenvalue weighted by molar-refractivity contribution is -0.129. The van der Waals surface area contributed by atoms with Crippen molar-refractivity contribution in [3.63, 3.8) is 0 Å². The quantitative estimate of drug-likeness (QED) is 0.0629. The fraction of sp³-hybridized carbons (Fsp3) is 0.235. The molecule has 1 heterocycles. The summed E-state index contributed by atoms with van der Waals surface area (Å²) in [6, 6.07) is 23.6. The summed E-state index contributed by atoms with van der Waals surface area (Å²) >= 11 is 0. The van der Waals surface area contributed by atoms with Gasteiger partial charge in [-0.05, 0) is 52.5 Å². The molecule has 0 aliphatic carbocycles. The number of rotatable bonds is 14. The second kappa shape index (κ2) is 15.6. The molecule has 0 saturated carbocycles. The Morgan fingerprint density at radius 1 is 0.979 bits per heavy atom. The number of benzene rings is 4. The standard InChI is InChI=1S/C34H30F2N8O4/c35-26-13-10-25(29(36)18-26)20-39-33(46)34(19-23-6-1-2-7-24(23)21-40-43-37)31(28-8-3-4-9-30(28)42-44-38)48-32(41-34)22-11-14-27(15-12-22)47-17-5-16-45/h1-4,6-15,18,31,45H,5,16-17,19-21H2,(H,39,46)/t31-,34-/m1/s1. The van der Waals surface area contributed by atoms with Crippen LogP contribution >= 0.6 is 0 Å². The molecule has 0 spiro atoms. The highest BCUT2D eigenvalue weighted by atomic mass is 19.1. The molecule has 0 aromatic heterocycles. The molecule has 1 aliphatic rings. The minimum Gasteiger partial charge on any atom is -0.494 e. The molecule has 0 unspecified atom stereocenters. The van der Waals surface area contributed by atoms with Gasteiger partial charge >= 0.3 is 0 Å². The van der Waals surface area contributed by atoms with Crippen LogP contribution in [-0.2, 0) is 29.0 Å². The molecule has 4 aromatic carbocycles. The van der Waals surface area contributed by atoms with Crippen molar-refractivity contribution in [3.05, 3.63) is 151 Å². The number of halogens is 2. The lowest BCUT2D eigenvalue weighted by Crippen LogP contribution is -2.50. The Hall–Kier alpha value is -5.94. The monoisotopic (exact) mass is 652 g/mol. The van der Waals surface area contributed by atoms with Gasteiger partial charge in [-0.2, -0.15) is 0 Å². The molecule has 0 saturated heterocycles. The molecule has 0 fully saturated rings. The molecule has 1 aliphatic heterocycles. The molecule has 2 atom stereocenters. The number of aliphatic imine (C=N–C) groups is 1. The minimum absolute atomic E-state index is 0.000312. The number of nitrogens with zero attached hydrogens (tertiary/aromatic N) is 7. The van der Waals surface area contributed by atoms with E-state index in [1.165, 1.54) is 6.07 Å². The van der Waals surface area contributed by atoms with E-state index in [1.54, 1.807) is 72.8 Å². The van der Waals surface area contributed by atoms with Crippen LogP contribution in [0.15, 0.2) is 106 Å². The van der Waals surface area contributed by atoms with E-state index in [0.717, 1.165) is 12.1 Å². The van der Waals surface area contributed by atoms with Crippen molar-refractivity contribution < 1.29 is 28.2 Å². The Balaban J connectivity index is 1.65. The average molecular weight is 653 g/mol. The van der Waals surface area contributed by atoms with Crippen molar-refractivity contribution >= 4 is 17.5 Å². The van der Waals surface area contributed by atoms with E-state index >= 15 is 0 Å². The number of amides is 1. The Morgan fingerprint density at radius 2 is 1.73 bits per heavy atom. The normalized spacial score (nSPS) is 16.6. The van der Waals surface area contributed by atoms with Crippen LogP contribution in [0.2, 0.25) is 0 Å². The van der Waals surface area contributed by atoms with Gasteiger partial charge in [0.05, 0.1) is 13.2 Å². The van der Waals surface area contributed by atoms with Gasteiger partial charge in [-0.15, -0.1) is 0 Å². The van der Waals surface area contributed by atoms with Gasteiger partial charge in [-0.25, -0.2) is 13.8 Å². The molecule has 14 heteroatoms. The number of ether oxygens (including phenoxy) is 2. The summed E-state index contributed by atoms with van der Waals surface area (Å²) in [5, 5.41) is 19.4. The smallest absolute Gasteiger partial charge is 0.252 e. The largest absolute Gasteiger partial charge is 0.494 e. The average Bonchev–Trinajstić information content (AvgIpc) is 3.48. The third-order valence-corrected chi connectivity index (χ3v) is 7.74. The first-order chi connectivity index (χ1) is 23.4. The van der Waals surface area contributed by atoms with Gasteiger partial charge < -0.3 is 19.9 Å². The van der Waals surface area contributed by atoms with Gasteiger partial charge in [0.25, 0.3) is 5.91 Å². The summed E-state index contributed by atoms with van der Waals surface area (Å²) in [5.74, 6) is -1.58. The highest BCUT2D eigenvalue weighted by Gasteiger charge is 2.54. The third-order valence-electron chi connectivity index (χ3n) is 7.74. The molecular weight excluding hydrogens is 622 g/mol. The Labute approximate surface area is 273 Å².